The fourth-order valence-electron chi connectivity index (χ4n) is 4.66. The number of ether oxygens (including phenoxy) is 1. The first kappa shape index (κ1) is 26.6. The second kappa shape index (κ2) is 10.6. The third kappa shape index (κ3) is 5.15. The van der Waals surface area contributed by atoms with Gasteiger partial charge in [0.05, 0.1) is 23.9 Å². The van der Waals surface area contributed by atoms with Crippen molar-refractivity contribution in [2.24, 2.45) is 0 Å². The topological polar surface area (TPSA) is 113 Å². The smallest absolute Gasteiger partial charge is 0.416 e. The molecule has 0 aliphatic heterocycles. The zero-order valence-corrected chi connectivity index (χ0v) is 21.4. The highest BCUT2D eigenvalue weighted by atomic mass is 19.4. The molecule has 0 aliphatic carbocycles. The van der Waals surface area contributed by atoms with Gasteiger partial charge >= 0.3 is 6.18 Å². The Bertz CT molecular complexity index is 1680. The Morgan fingerprint density at radius 3 is 2.35 bits per heavy atom. The van der Waals surface area contributed by atoms with Crippen LogP contribution >= 0.6 is 0 Å². The summed E-state index contributed by atoms with van der Waals surface area (Å²) in [5.41, 5.74) is 7.95. The predicted molar refractivity (Wildman–Crippen MR) is 146 cm³/mol. The number of hydrogen-bond donors (Lipinski definition) is 4. The van der Waals surface area contributed by atoms with E-state index >= 15 is 0 Å². The summed E-state index contributed by atoms with van der Waals surface area (Å²) in [5.74, 6) is -0.573. The number of ketones is 1. The van der Waals surface area contributed by atoms with Crippen LogP contribution in [0.4, 0.5) is 19.0 Å². The molecular weight excluding hydrogens is 521 g/mol. The van der Waals surface area contributed by atoms with Crippen molar-refractivity contribution in [3.8, 4) is 16.9 Å². The van der Waals surface area contributed by atoms with Gasteiger partial charge in [-0.1, -0.05) is 30.3 Å². The Kier molecular flexibility index (Phi) is 7.08. The van der Waals surface area contributed by atoms with E-state index in [9.17, 15) is 22.8 Å². The molecule has 0 unspecified atom stereocenters. The molecule has 3 aromatic carbocycles. The maximum absolute atomic E-state index is 13.5. The number of nitrogens with one attached hydrogen (secondary N) is 3. The van der Waals surface area contributed by atoms with Gasteiger partial charge in [0.25, 0.3) is 5.91 Å². The van der Waals surface area contributed by atoms with E-state index in [1.807, 2.05) is 30.5 Å². The highest BCUT2D eigenvalue weighted by molar-refractivity contribution is 6.17. The summed E-state index contributed by atoms with van der Waals surface area (Å²) in [6.45, 7) is 0.263. The number of halogens is 3. The summed E-state index contributed by atoms with van der Waals surface area (Å²) in [6, 6.07) is 18.3. The monoisotopic (exact) mass is 546 g/mol. The van der Waals surface area contributed by atoms with Crippen molar-refractivity contribution < 1.29 is 27.5 Å². The lowest BCUT2D eigenvalue weighted by molar-refractivity contribution is -0.137. The number of aromatic amines is 2. The number of H-pyrrole nitrogens is 2. The van der Waals surface area contributed by atoms with Gasteiger partial charge in [-0.2, -0.15) is 13.2 Å². The van der Waals surface area contributed by atoms with E-state index < -0.39 is 23.4 Å². The molecule has 204 valence electrons. The summed E-state index contributed by atoms with van der Waals surface area (Å²) in [7, 11) is 1.49. The molecule has 0 fully saturated rings. The zero-order chi connectivity index (χ0) is 28.4. The molecule has 0 saturated carbocycles. The lowest BCUT2D eigenvalue weighted by atomic mass is 9.95. The lowest BCUT2D eigenvalue weighted by Crippen LogP contribution is -2.26. The molecule has 5 rings (SSSR count). The van der Waals surface area contributed by atoms with Crippen molar-refractivity contribution >= 4 is 28.4 Å². The number of benzene rings is 3. The number of aromatic nitrogens is 2. The highest BCUT2D eigenvalue weighted by Crippen LogP contribution is 2.36. The fourth-order valence-corrected chi connectivity index (χ4v) is 4.66. The number of methoxy groups -OCH3 is 1. The number of carbonyl (C=O) groups is 2. The number of nitrogens with two attached hydrogens (primary N) is 1. The molecule has 0 atom stereocenters. The molecule has 2 heterocycles. The number of alkyl halides is 3. The van der Waals surface area contributed by atoms with Crippen LogP contribution in [0.15, 0.2) is 79.0 Å². The van der Waals surface area contributed by atoms with Gasteiger partial charge in [-0.15, -0.1) is 0 Å². The Balaban J connectivity index is 1.49. The first-order valence-electron chi connectivity index (χ1n) is 12.4. The predicted octanol–water partition coefficient (Wildman–Crippen LogP) is 5.98. The molecule has 7 nitrogen and oxygen atoms in total. The van der Waals surface area contributed by atoms with Crippen LogP contribution in [0.1, 0.15) is 37.5 Å². The van der Waals surface area contributed by atoms with Gasteiger partial charge in [0.2, 0.25) is 5.78 Å². The highest BCUT2D eigenvalue weighted by Gasteiger charge is 2.31. The van der Waals surface area contributed by atoms with E-state index in [1.165, 1.54) is 19.2 Å². The van der Waals surface area contributed by atoms with Crippen molar-refractivity contribution in [1.82, 2.24) is 15.3 Å². The Hall–Kier alpha value is -4.99. The van der Waals surface area contributed by atoms with Gasteiger partial charge < -0.3 is 25.8 Å². The second-order valence-corrected chi connectivity index (χ2v) is 9.16. The Labute approximate surface area is 227 Å². The van der Waals surface area contributed by atoms with E-state index in [4.69, 9.17) is 10.5 Å². The molecule has 2 aromatic heterocycles. The fraction of sp³-hybridized carbons (Fsp3) is 0.133. The molecular formula is C30H25F3N4O3. The molecule has 0 bridgehead atoms. The van der Waals surface area contributed by atoms with E-state index in [0.717, 1.165) is 28.6 Å². The number of amides is 1. The number of para-hydroxylation sites is 1. The maximum atomic E-state index is 13.5. The van der Waals surface area contributed by atoms with E-state index in [-0.39, 0.29) is 40.3 Å². The van der Waals surface area contributed by atoms with Crippen molar-refractivity contribution in [3.63, 3.8) is 0 Å². The third-order valence-electron chi connectivity index (χ3n) is 6.69. The number of anilines is 1. The molecule has 0 radical (unpaired) electrons. The van der Waals surface area contributed by atoms with Crippen LogP contribution in [-0.4, -0.2) is 35.3 Å². The van der Waals surface area contributed by atoms with Gasteiger partial charge in [-0.3, -0.25) is 9.59 Å². The minimum Gasteiger partial charge on any atom is -0.497 e. The molecule has 5 N–H and O–H groups in total. The quantitative estimate of drug-likeness (QED) is 0.180. The average Bonchev–Trinajstić information content (AvgIpc) is 3.53. The van der Waals surface area contributed by atoms with Crippen molar-refractivity contribution in [2.75, 3.05) is 19.4 Å². The number of nitrogen functional groups attached to an aromatic ring is 1. The summed E-state index contributed by atoms with van der Waals surface area (Å²) in [4.78, 5) is 32.9. The summed E-state index contributed by atoms with van der Waals surface area (Å²) >= 11 is 0. The first-order valence-corrected chi connectivity index (χ1v) is 12.4. The third-order valence-corrected chi connectivity index (χ3v) is 6.69. The van der Waals surface area contributed by atoms with Crippen LogP contribution in [0, 0.1) is 0 Å². The van der Waals surface area contributed by atoms with Crippen molar-refractivity contribution in [2.45, 2.75) is 12.6 Å². The molecule has 0 aliphatic rings. The van der Waals surface area contributed by atoms with Gasteiger partial charge in [-0.25, -0.2) is 0 Å². The van der Waals surface area contributed by atoms with E-state index in [1.54, 1.807) is 24.3 Å². The SMILES string of the molecule is COc1ccc(C(=O)c2[nH]c(N)c(C(=O)NCCc3c[nH]c4ccccc34)c2-c2ccc(C(F)(F)F)cc2)cc1. The first-order chi connectivity index (χ1) is 19.2. The van der Waals surface area contributed by atoms with Crippen LogP contribution < -0.4 is 15.8 Å². The van der Waals surface area contributed by atoms with Crippen LogP contribution in [0.5, 0.6) is 5.75 Å². The largest absolute Gasteiger partial charge is 0.497 e. The van der Waals surface area contributed by atoms with Crippen LogP contribution in [-0.2, 0) is 12.6 Å². The normalized spacial score (nSPS) is 11.5. The Morgan fingerprint density at radius 2 is 1.68 bits per heavy atom. The molecule has 40 heavy (non-hydrogen) atoms. The van der Waals surface area contributed by atoms with E-state index in [0.29, 0.717) is 12.2 Å². The average molecular weight is 547 g/mol. The summed E-state index contributed by atoms with van der Waals surface area (Å²) in [6.07, 6.45) is -2.14. The maximum Gasteiger partial charge on any atom is 0.416 e. The van der Waals surface area contributed by atoms with Gasteiger partial charge in [0.15, 0.2) is 0 Å². The van der Waals surface area contributed by atoms with Gasteiger partial charge in [0, 0.05) is 34.8 Å². The minimum absolute atomic E-state index is 0.01000. The molecule has 10 heteroatoms. The lowest BCUT2D eigenvalue weighted by Gasteiger charge is -2.11. The van der Waals surface area contributed by atoms with Gasteiger partial charge in [0.1, 0.15) is 11.6 Å². The van der Waals surface area contributed by atoms with E-state index in [2.05, 4.69) is 15.3 Å². The summed E-state index contributed by atoms with van der Waals surface area (Å²) < 4.78 is 44.8. The second-order valence-electron chi connectivity index (χ2n) is 9.16. The molecule has 1 amide bonds. The summed E-state index contributed by atoms with van der Waals surface area (Å²) in [5, 5.41) is 3.87. The minimum atomic E-state index is -4.54. The number of fused-ring (bicyclic) bond motifs is 1. The molecule has 0 saturated heterocycles. The zero-order valence-electron chi connectivity index (χ0n) is 21.4. The van der Waals surface area contributed by atoms with Gasteiger partial charge in [-0.05, 0) is 60.0 Å². The van der Waals surface area contributed by atoms with Crippen LogP contribution in [0.2, 0.25) is 0 Å². The van der Waals surface area contributed by atoms with Crippen LogP contribution in [0.3, 0.4) is 0 Å². The Morgan fingerprint density at radius 1 is 0.975 bits per heavy atom. The number of hydrogen-bond acceptors (Lipinski definition) is 4. The van der Waals surface area contributed by atoms with Crippen LogP contribution in [0.25, 0.3) is 22.0 Å². The van der Waals surface area contributed by atoms with Crippen molar-refractivity contribution in [3.05, 3.63) is 107 Å². The standard InChI is InChI=1S/C30H25F3N4O3/c1-40-21-12-8-18(9-13-21)27(38)26-24(17-6-10-20(11-7-17)30(31,32)33)25(28(34)37-26)29(39)35-15-14-19-16-36-23-5-3-2-4-22(19)23/h2-13,16,36-37H,14-15,34H2,1H3,(H,35,39). The van der Waals surface area contributed by atoms with Crippen molar-refractivity contribution in [1.29, 1.82) is 0 Å². The molecule has 5 aromatic rings. The number of rotatable bonds is 8. The number of carbonyl (C=O) groups excluding carboxylic acids is 2. The molecule has 0 spiro atoms.